The third-order valence-electron chi connectivity index (χ3n) is 3.89. The van der Waals surface area contributed by atoms with Gasteiger partial charge in [-0.05, 0) is 62.6 Å². The molecule has 0 saturated heterocycles. The van der Waals surface area contributed by atoms with E-state index in [9.17, 15) is 4.79 Å². The summed E-state index contributed by atoms with van der Waals surface area (Å²) in [4.78, 5) is 12.1. The molecule has 0 fully saturated rings. The van der Waals surface area contributed by atoms with Gasteiger partial charge in [0.2, 0.25) is 0 Å². The number of nitrogens with one attached hydrogen (secondary N) is 1. The molecule has 0 saturated carbocycles. The van der Waals surface area contributed by atoms with Gasteiger partial charge in [-0.15, -0.1) is 0 Å². The third-order valence-corrected chi connectivity index (χ3v) is 3.89. The van der Waals surface area contributed by atoms with Crippen molar-refractivity contribution in [2.75, 3.05) is 13.2 Å². The quantitative estimate of drug-likeness (QED) is 0.791. The van der Waals surface area contributed by atoms with Crippen molar-refractivity contribution in [1.82, 2.24) is 5.32 Å². The monoisotopic (exact) mass is 327 g/mol. The number of aryl methyl sites for hydroxylation is 2. The fourth-order valence-electron chi connectivity index (χ4n) is 2.31. The van der Waals surface area contributed by atoms with Crippen molar-refractivity contribution in [2.24, 2.45) is 0 Å². The number of hydrogen-bond donors (Lipinski definition) is 1. The molecule has 2 rings (SSSR count). The van der Waals surface area contributed by atoms with Gasteiger partial charge in [-0.2, -0.15) is 0 Å². The molecule has 0 aliphatic carbocycles. The molecular weight excluding hydrogens is 302 g/mol. The van der Waals surface area contributed by atoms with Crippen LogP contribution in [0.4, 0.5) is 0 Å². The molecule has 1 unspecified atom stereocenters. The van der Waals surface area contributed by atoms with Crippen molar-refractivity contribution >= 4 is 5.91 Å². The van der Waals surface area contributed by atoms with Crippen molar-refractivity contribution in [3.8, 4) is 11.5 Å². The number of carbonyl (C=O) groups excluding carboxylic acids is 1. The second-order valence-electron chi connectivity index (χ2n) is 5.91. The minimum Gasteiger partial charge on any atom is -0.491 e. The van der Waals surface area contributed by atoms with Crippen LogP contribution in [0.3, 0.4) is 0 Å². The first kappa shape index (κ1) is 17.9. The third kappa shape index (κ3) is 5.01. The van der Waals surface area contributed by atoms with Crippen LogP contribution in [0.25, 0.3) is 0 Å². The summed E-state index contributed by atoms with van der Waals surface area (Å²) in [5, 5.41) is 2.83. The van der Waals surface area contributed by atoms with E-state index < -0.39 is 6.10 Å². The minimum absolute atomic E-state index is 0.152. The topological polar surface area (TPSA) is 47.6 Å². The zero-order valence-corrected chi connectivity index (χ0v) is 14.8. The van der Waals surface area contributed by atoms with E-state index in [-0.39, 0.29) is 5.91 Å². The Morgan fingerprint density at radius 1 is 1.12 bits per heavy atom. The van der Waals surface area contributed by atoms with E-state index in [2.05, 4.69) is 5.32 Å². The highest BCUT2D eigenvalue weighted by Crippen LogP contribution is 2.20. The van der Waals surface area contributed by atoms with Gasteiger partial charge in [0.1, 0.15) is 18.1 Å². The van der Waals surface area contributed by atoms with Crippen LogP contribution in [0.5, 0.6) is 11.5 Å². The molecule has 0 aliphatic heterocycles. The molecule has 2 aromatic carbocycles. The zero-order valence-electron chi connectivity index (χ0n) is 14.8. The average Bonchev–Trinajstić information content (AvgIpc) is 2.55. The Balaban J connectivity index is 1.75. The average molecular weight is 327 g/mol. The molecule has 2 aromatic rings. The van der Waals surface area contributed by atoms with E-state index in [0.717, 1.165) is 16.9 Å². The van der Waals surface area contributed by atoms with Crippen molar-refractivity contribution in [3.05, 3.63) is 59.2 Å². The summed E-state index contributed by atoms with van der Waals surface area (Å²) in [6, 6.07) is 13.6. The smallest absolute Gasteiger partial charge is 0.260 e. The van der Waals surface area contributed by atoms with Crippen molar-refractivity contribution in [3.63, 3.8) is 0 Å². The number of hydrogen-bond acceptors (Lipinski definition) is 3. The van der Waals surface area contributed by atoms with Crippen LogP contribution in [0.15, 0.2) is 42.5 Å². The van der Waals surface area contributed by atoms with E-state index in [1.165, 1.54) is 5.56 Å². The number of ether oxygens (including phenoxy) is 2. The molecular formula is C20H25NO3. The molecule has 0 heterocycles. The predicted octanol–water partition coefficient (Wildman–Crippen LogP) is 3.57. The van der Waals surface area contributed by atoms with Gasteiger partial charge in [0.25, 0.3) is 5.91 Å². The Hall–Kier alpha value is -2.49. The molecule has 0 aromatic heterocycles. The maximum Gasteiger partial charge on any atom is 0.260 e. The van der Waals surface area contributed by atoms with Crippen LogP contribution in [0, 0.1) is 20.8 Å². The molecule has 0 aliphatic rings. The number of amides is 1. The SMILES string of the molecule is Cc1cccc(OC(C)C(=O)NCCOc2cccc(C)c2C)c1. The first-order chi connectivity index (χ1) is 11.5. The lowest BCUT2D eigenvalue weighted by atomic mass is 10.1. The van der Waals surface area contributed by atoms with Crippen molar-refractivity contribution < 1.29 is 14.3 Å². The second-order valence-corrected chi connectivity index (χ2v) is 5.91. The molecule has 1 N–H and O–H groups in total. The molecule has 0 spiro atoms. The van der Waals surface area contributed by atoms with Crippen LogP contribution in [0.1, 0.15) is 23.6 Å². The molecule has 128 valence electrons. The predicted molar refractivity (Wildman–Crippen MR) is 95.7 cm³/mol. The lowest BCUT2D eigenvalue weighted by Gasteiger charge is -2.16. The lowest BCUT2D eigenvalue weighted by Crippen LogP contribution is -2.38. The van der Waals surface area contributed by atoms with Gasteiger partial charge in [0.05, 0.1) is 6.54 Å². The summed E-state index contributed by atoms with van der Waals surface area (Å²) in [6.07, 6.45) is -0.549. The van der Waals surface area contributed by atoms with Gasteiger partial charge >= 0.3 is 0 Å². The van der Waals surface area contributed by atoms with Gasteiger partial charge in [-0.25, -0.2) is 0 Å². The highest BCUT2D eigenvalue weighted by molar-refractivity contribution is 5.80. The summed E-state index contributed by atoms with van der Waals surface area (Å²) in [5.41, 5.74) is 3.42. The van der Waals surface area contributed by atoms with Gasteiger partial charge in [0, 0.05) is 0 Å². The van der Waals surface area contributed by atoms with E-state index in [1.807, 2.05) is 63.2 Å². The fraction of sp³-hybridized carbons (Fsp3) is 0.350. The normalized spacial score (nSPS) is 11.7. The van der Waals surface area contributed by atoms with Crippen LogP contribution >= 0.6 is 0 Å². The van der Waals surface area contributed by atoms with Crippen LogP contribution in [0.2, 0.25) is 0 Å². The van der Waals surface area contributed by atoms with E-state index in [1.54, 1.807) is 6.92 Å². The van der Waals surface area contributed by atoms with Crippen molar-refractivity contribution in [2.45, 2.75) is 33.8 Å². The fourth-order valence-corrected chi connectivity index (χ4v) is 2.31. The maximum absolute atomic E-state index is 12.1. The molecule has 1 amide bonds. The molecule has 24 heavy (non-hydrogen) atoms. The van der Waals surface area contributed by atoms with Gasteiger partial charge < -0.3 is 14.8 Å². The summed E-state index contributed by atoms with van der Waals surface area (Å²) < 4.78 is 11.4. The largest absolute Gasteiger partial charge is 0.491 e. The number of rotatable bonds is 7. The lowest BCUT2D eigenvalue weighted by molar-refractivity contribution is -0.127. The Labute approximate surface area is 143 Å². The van der Waals surface area contributed by atoms with Gasteiger partial charge in [-0.1, -0.05) is 24.3 Å². The molecule has 4 heteroatoms. The summed E-state index contributed by atoms with van der Waals surface area (Å²) in [7, 11) is 0. The number of benzene rings is 2. The second kappa shape index (κ2) is 8.39. The molecule has 1 atom stereocenters. The Bertz CT molecular complexity index is 697. The molecule has 0 radical (unpaired) electrons. The summed E-state index contributed by atoms with van der Waals surface area (Å²) in [6.45, 7) is 8.67. The van der Waals surface area contributed by atoms with Crippen LogP contribution in [-0.4, -0.2) is 25.2 Å². The van der Waals surface area contributed by atoms with Gasteiger partial charge in [-0.3, -0.25) is 4.79 Å². The zero-order chi connectivity index (χ0) is 17.5. The molecule has 4 nitrogen and oxygen atoms in total. The van der Waals surface area contributed by atoms with Crippen LogP contribution in [-0.2, 0) is 4.79 Å². The Kier molecular flexibility index (Phi) is 6.24. The summed E-state index contributed by atoms with van der Waals surface area (Å²) in [5.74, 6) is 1.40. The molecule has 0 bridgehead atoms. The van der Waals surface area contributed by atoms with E-state index in [0.29, 0.717) is 18.9 Å². The first-order valence-electron chi connectivity index (χ1n) is 8.17. The highest BCUT2D eigenvalue weighted by Gasteiger charge is 2.14. The van der Waals surface area contributed by atoms with Crippen LogP contribution < -0.4 is 14.8 Å². The standard InChI is InChI=1S/C20H25NO3/c1-14-7-5-9-18(13-14)24-17(4)20(22)21-11-12-23-19-10-6-8-15(2)16(19)3/h5-10,13,17H,11-12H2,1-4H3,(H,21,22). The Morgan fingerprint density at radius 2 is 1.88 bits per heavy atom. The summed E-state index contributed by atoms with van der Waals surface area (Å²) >= 11 is 0. The van der Waals surface area contributed by atoms with E-state index in [4.69, 9.17) is 9.47 Å². The van der Waals surface area contributed by atoms with Gasteiger partial charge in [0.15, 0.2) is 6.10 Å². The van der Waals surface area contributed by atoms with E-state index >= 15 is 0 Å². The number of carbonyl (C=O) groups is 1. The Morgan fingerprint density at radius 3 is 2.62 bits per heavy atom. The highest BCUT2D eigenvalue weighted by atomic mass is 16.5. The first-order valence-corrected chi connectivity index (χ1v) is 8.17. The maximum atomic E-state index is 12.1. The minimum atomic E-state index is -0.549. The van der Waals surface area contributed by atoms with Crippen molar-refractivity contribution in [1.29, 1.82) is 0 Å².